The van der Waals surface area contributed by atoms with E-state index in [0.717, 1.165) is 0 Å². The second-order valence-corrected chi connectivity index (χ2v) is 1.54. The molecule has 0 saturated heterocycles. The minimum Gasteiger partial charge on any atom is -0.759 e. The van der Waals surface area contributed by atoms with Gasteiger partial charge < -0.3 is 14.2 Å². The summed E-state index contributed by atoms with van der Waals surface area (Å²) < 4.78 is 34.1. The average molecular weight is 182 g/mol. The SMILES string of the molecule is CCO.O=S(=O)([O-])[O-].[Ca+2]. The van der Waals surface area contributed by atoms with E-state index in [1.807, 2.05) is 0 Å². The first-order valence-electron chi connectivity index (χ1n) is 1.69. The molecule has 0 rings (SSSR count). The number of rotatable bonds is 0. The predicted octanol–water partition coefficient (Wildman–Crippen LogP) is -1.72. The Morgan fingerprint density at radius 2 is 1.44 bits per heavy atom. The molecule has 0 radical (unpaired) electrons. The van der Waals surface area contributed by atoms with Gasteiger partial charge in [-0.25, -0.2) is 0 Å². The van der Waals surface area contributed by atoms with Crippen LogP contribution in [0.2, 0.25) is 0 Å². The summed E-state index contributed by atoms with van der Waals surface area (Å²) in [4.78, 5) is 0. The Balaban J connectivity index is -0.0000000800. The van der Waals surface area contributed by atoms with Crippen LogP contribution in [-0.2, 0) is 10.4 Å². The third-order valence-corrected chi connectivity index (χ3v) is 0. The minimum absolute atomic E-state index is 0. The second kappa shape index (κ2) is 9.09. The number of aliphatic hydroxyl groups excluding tert-OH is 1. The van der Waals surface area contributed by atoms with Crippen molar-refractivity contribution in [1.82, 2.24) is 0 Å². The van der Waals surface area contributed by atoms with Crippen LogP contribution in [0.4, 0.5) is 0 Å². The molecule has 0 heterocycles. The Hall–Kier alpha value is 1.09. The summed E-state index contributed by atoms with van der Waals surface area (Å²) >= 11 is 0. The summed E-state index contributed by atoms with van der Waals surface area (Å²) in [5.41, 5.74) is 0. The molecule has 0 aliphatic heterocycles. The van der Waals surface area contributed by atoms with Crippen molar-refractivity contribution in [3.63, 3.8) is 0 Å². The van der Waals surface area contributed by atoms with Gasteiger partial charge >= 0.3 is 37.7 Å². The molecule has 9 heavy (non-hydrogen) atoms. The maximum absolute atomic E-state index is 8.52. The third-order valence-electron chi connectivity index (χ3n) is 0. The van der Waals surface area contributed by atoms with E-state index in [-0.39, 0.29) is 44.3 Å². The first-order valence-corrected chi connectivity index (χ1v) is 3.02. The van der Waals surface area contributed by atoms with Gasteiger partial charge in [-0.2, -0.15) is 0 Å². The summed E-state index contributed by atoms with van der Waals surface area (Å²) in [6.07, 6.45) is 0. The fourth-order valence-corrected chi connectivity index (χ4v) is 0. The quantitative estimate of drug-likeness (QED) is 0.273. The number of hydrogen-bond donors (Lipinski definition) is 1. The van der Waals surface area contributed by atoms with Crippen molar-refractivity contribution in [2.75, 3.05) is 6.61 Å². The zero-order chi connectivity index (χ0) is 7.21. The summed E-state index contributed by atoms with van der Waals surface area (Å²) in [6, 6.07) is 0. The molecule has 0 aromatic heterocycles. The molecule has 0 fully saturated rings. The molecule has 1 N–H and O–H groups in total. The van der Waals surface area contributed by atoms with Gasteiger partial charge in [0.15, 0.2) is 0 Å². The fraction of sp³-hybridized carbons (Fsp3) is 1.00. The molecular formula is C2H6CaO5S. The molecule has 5 nitrogen and oxygen atoms in total. The van der Waals surface area contributed by atoms with Crippen LogP contribution in [-0.4, -0.2) is 67.0 Å². The molecular weight excluding hydrogens is 176 g/mol. The van der Waals surface area contributed by atoms with Crippen LogP contribution >= 0.6 is 0 Å². The van der Waals surface area contributed by atoms with Gasteiger partial charge in [0.2, 0.25) is 0 Å². The van der Waals surface area contributed by atoms with Gasteiger partial charge in [-0.1, -0.05) is 0 Å². The monoisotopic (exact) mass is 182 g/mol. The Morgan fingerprint density at radius 1 is 1.44 bits per heavy atom. The van der Waals surface area contributed by atoms with Gasteiger partial charge in [-0.3, -0.25) is 8.42 Å². The van der Waals surface area contributed by atoms with Crippen LogP contribution in [0, 0.1) is 0 Å². The van der Waals surface area contributed by atoms with Crippen molar-refractivity contribution in [3.05, 3.63) is 0 Å². The molecule has 0 aliphatic carbocycles. The molecule has 7 heteroatoms. The van der Waals surface area contributed by atoms with E-state index in [4.69, 9.17) is 22.6 Å². The van der Waals surface area contributed by atoms with Crippen molar-refractivity contribution >= 4 is 48.1 Å². The molecule has 0 spiro atoms. The zero-order valence-corrected chi connectivity index (χ0v) is 7.93. The first kappa shape index (κ1) is 16.6. The smallest absolute Gasteiger partial charge is 0.759 e. The van der Waals surface area contributed by atoms with Crippen LogP contribution < -0.4 is 0 Å². The Morgan fingerprint density at radius 3 is 1.44 bits per heavy atom. The van der Waals surface area contributed by atoms with E-state index in [1.54, 1.807) is 6.92 Å². The average Bonchev–Trinajstić information content (AvgIpc) is 1.27. The standard InChI is InChI=1S/C2H6O.Ca.H2O4S/c1-2-3;;1-5(2,3)4/h3H,2H2,1H3;;(H2,1,2,3,4)/q;+2;/p-2. The van der Waals surface area contributed by atoms with Crippen LogP contribution in [0.5, 0.6) is 0 Å². The molecule has 0 aromatic carbocycles. The summed E-state index contributed by atoms with van der Waals surface area (Å²) in [7, 11) is -5.17. The summed E-state index contributed by atoms with van der Waals surface area (Å²) in [5.74, 6) is 0. The van der Waals surface area contributed by atoms with Crippen molar-refractivity contribution < 1.29 is 22.6 Å². The Kier molecular flexibility index (Phi) is 16.8. The topological polar surface area (TPSA) is 100 Å². The van der Waals surface area contributed by atoms with Gasteiger partial charge in [0, 0.05) is 17.0 Å². The van der Waals surface area contributed by atoms with E-state index in [2.05, 4.69) is 0 Å². The van der Waals surface area contributed by atoms with Crippen molar-refractivity contribution in [2.24, 2.45) is 0 Å². The molecule has 52 valence electrons. The zero-order valence-electron chi connectivity index (χ0n) is 4.90. The van der Waals surface area contributed by atoms with Crippen LogP contribution in [0.1, 0.15) is 6.92 Å². The molecule has 0 unspecified atom stereocenters. The van der Waals surface area contributed by atoms with E-state index in [1.165, 1.54) is 0 Å². The van der Waals surface area contributed by atoms with Crippen molar-refractivity contribution in [3.8, 4) is 0 Å². The first-order chi connectivity index (χ1) is 3.41. The molecule has 0 bridgehead atoms. The summed E-state index contributed by atoms with van der Waals surface area (Å²) in [5, 5.41) is 7.57. The van der Waals surface area contributed by atoms with Crippen LogP contribution in [0.15, 0.2) is 0 Å². The summed E-state index contributed by atoms with van der Waals surface area (Å²) in [6.45, 7) is 1.93. The molecule has 0 amide bonds. The van der Waals surface area contributed by atoms with Crippen molar-refractivity contribution in [1.29, 1.82) is 0 Å². The van der Waals surface area contributed by atoms with Crippen LogP contribution in [0.3, 0.4) is 0 Å². The molecule has 0 saturated carbocycles. The maximum atomic E-state index is 8.52. The van der Waals surface area contributed by atoms with Gasteiger partial charge in [-0.15, -0.1) is 0 Å². The maximum Gasteiger partial charge on any atom is 2.00 e. The Labute approximate surface area is 83.7 Å². The van der Waals surface area contributed by atoms with Gasteiger partial charge in [0.25, 0.3) is 0 Å². The van der Waals surface area contributed by atoms with E-state index in [0.29, 0.717) is 0 Å². The van der Waals surface area contributed by atoms with E-state index in [9.17, 15) is 0 Å². The number of hydrogen-bond acceptors (Lipinski definition) is 5. The van der Waals surface area contributed by atoms with E-state index < -0.39 is 10.4 Å². The molecule has 0 atom stereocenters. The third kappa shape index (κ3) is 385. The predicted molar refractivity (Wildman–Crippen MR) is 29.0 cm³/mol. The minimum atomic E-state index is -5.17. The fourth-order valence-electron chi connectivity index (χ4n) is 0. The number of aliphatic hydroxyl groups is 1. The van der Waals surface area contributed by atoms with Gasteiger partial charge in [0.1, 0.15) is 0 Å². The normalized spacial score (nSPS) is 8.44. The molecule has 0 aromatic rings. The van der Waals surface area contributed by atoms with Gasteiger partial charge in [-0.05, 0) is 6.92 Å². The largest absolute Gasteiger partial charge is 2.00 e. The second-order valence-electron chi connectivity index (χ2n) is 0.724. The van der Waals surface area contributed by atoms with Gasteiger partial charge in [0.05, 0.1) is 0 Å². The van der Waals surface area contributed by atoms with Crippen LogP contribution in [0.25, 0.3) is 0 Å². The van der Waals surface area contributed by atoms with E-state index >= 15 is 0 Å². The van der Waals surface area contributed by atoms with Crippen molar-refractivity contribution in [2.45, 2.75) is 6.92 Å². The molecule has 0 aliphatic rings. The Bertz CT molecular complexity index is 109.